The van der Waals surface area contributed by atoms with E-state index in [0.717, 1.165) is 50.1 Å². The fourth-order valence-electron chi connectivity index (χ4n) is 4.06. The molecule has 0 saturated heterocycles. The standard InChI is InChI=1S/C19H23NO3/c1-3-13-10-14-16-6-4-12-5-7-17(21)19(22-2)15(12)11-20(16)9-8-18(14)23-13/h5,7,10,16,21H,3-4,6,8-9,11H2,1-2H3/t16-/m0/s1. The number of furan rings is 1. The summed E-state index contributed by atoms with van der Waals surface area (Å²) >= 11 is 0. The van der Waals surface area contributed by atoms with Gasteiger partial charge >= 0.3 is 0 Å². The van der Waals surface area contributed by atoms with Crippen LogP contribution in [0.5, 0.6) is 11.5 Å². The minimum atomic E-state index is 0.235. The third-order valence-corrected chi connectivity index (χ3v) is 5.26. The zero-order chi connectivity index (χ0) is 16.0. The number of phenols is 1. The van der Waals surface area contributed by atoms with E-state index < -0.39 is 0 Å². The summed E-state index contributed by atoms with van der Waals surface area (Å²) in [5.41, 5.74) is 3.79. The largest absolute Gasteiger partial charge is 0.504 e. The van der Waals surface area contributed by atoms with E-state index in [1.54, 1.807) is 13.2 Å². The van der Waals surface area contributed by atoms with Crippen LogP contribution in [0.25, 0.3) is 0 Å². The van der Waals surface area contributed by atoms with E-state index in [-0.39, 0.29) is 5.75 Å². The highest BCUT2D eigenvalue weighted by molar-refractivity contribution is 5.51. The van der Waals surface area contributed by atoms with Crippen LogP contribution in [-0.4, -0.2) is 23.7 Å². The first kappa shape index (κ1) is 14.6. The first-order valence-corrected chi connectivity index (χ1v) is 8.44. The molecule has 0 amide bonds. The molecule has 0 unspecified atom stereocenters. The van der Waals surface area contributed by atoms with Crippen LogP contribution in [0, 0.1) is 0 Å². The predicted octanol–water partition coefficient (Wildman–Crippen LogP) is 3.60. The molecule has 0 saturated carbocycles. The molecule has 0 fully saturated rings. The minimum Gasteiger partial charge on any atom is -0.504 e. The molecule has 23 heavy (non-hydrogen) atoms. The van der Waals surface area contributed by atoms with Crippen LogP contribution in [-0.2, 0) is 25.8 Å². The Bertz CT molecular complexity index is 734. The summed E-state index contributed by atoms with van der Waals surface area (Å²) in [5, 5.41) is 10.1. The van der Waals surface area contributed by atoms with Gasteiger partial charge in [-0.1, -0.05) is 13.0 Å². The molecular formula is C19H23NO3. The second kappa shape index (κ2) is 5.60. The van der Waals surface area contributed by atoms with Crippen LogP contribution >= 0.6 is 0 Å². The number of benzene rings is 1. The van der Waals surface area contributed by atoms with Gasteiger partial charge in [0.2, 0.25) is 0 Å². The van der Waals surface area contributed by atoms with Gasteiger partial charge in [-0.15, -0.1) is 0 Å². The van der Waals surface area contributed by atoms with Crippen molar-refractivity contribution in [2.24, 2.45) is 0 Å². The Labute approximate surface area is 136 Å². The van der Waals surface area contributed by atoms with Crippen LogP contribution in [0.1, 0.15) is 47.6 Å². The van der Waals surface area contributed by atoms with E-state index in [1.807, 2.05) is 6.07 Å². The van der Waals surface area contributed by atoms with Crippen molar-refractivity contribution in [2.75, 3.05) is 13.7 Å². The molecule has 3 heterocycles. The van der Waals surface area contributed by atoms with Crippen LogP contribution < -0.4 is 4.74 Å². The number of aryl methyl sites for hydroxylation is 2. The number of ether oxygens (including phenoxy) is 1. The summed E-state index contributed by atoms with van der Waals surface area (Å²) in [5.74, 6) is 3.13. The lowest BCUT2D eigenvalue weighted by Gasteiger charge is -2.33. The molecule has 4 nitrogen and oxygen atoms in total. The van der Waals surface area contributed by atoms with Crippen molar-refractivity contribution in [3.8, 4) is 11.5 Å². The summed E-state index contributed by atoms with van der Waals surface area (Å²) in [4.78, 5) is 2.51. The molecule has 1 N–H and O–H groups in total. The molecule has 0 radical (unpaired) electrons. The normalized spacial score (nSPS) is 20.3. The highest BCUT2D eigenvalue weighted by Crippen LogP contribution is 2.42. The van der Waals surface area contributed by atoms with Gasteiger partial charge in [-0.3, -0.25) is 4.90 Å². The molecule has 1 aromatic heterocycles. The molecular weight excluding hydrogens is 290 g/mol. The molecule has 1 atom stereocenters. The Balaban J connectivity index is 1.73. The lowest BCUT2D eigenvalue weighted by Crippen LogP contribution is -2.33. The van der Waals surface area contributed by atoms with Crippen molar-refractivity contribution in [1.82, 2.24) is 4.90 Å². The molecule has 2 aliphatic rings. The van der Waals surface area contributed by atoms with E-state index in [1.165, 1.54) is 16.9 Å². The van der Waals surface area contributed by atoms with Gasteiger partial charge in [0.1, 0.15) is 11.5 Å². The molecule has 0 spiro atoms. The fourth-order valence-corrected chi connectivity index (χ4v) is 4.06. The number of methoxy groups -OCH3 is 1. The third kappa shape index (κ3) is 2.32. The number of fused-ring (bicyclic) bond motifs is 4. The van der Waals surface area contributed by atoms with Gasteiger partial charge in [-0.25, -0.2) is 0 Å². The van der Waals surface area contributed by atoms with Gasteiger partial charge in [-0.05, 0) is 30.5 Å². The summed E-state index contributed by atoms with van der Waals surface area (Å²) in [6, 6.07) is 6.44. The maximum absolute atomic E-state index is 10.1. The Morgan fingerprint density at radius 1 is 1.35 bits per heavy atom. The predicted molar refractivity (Wildman–Crippen MR) is 87.9 cm³/mol. The van der Waals surface area contributed by atoms with Crippen molar-refractivity contribution >= 4 is 0 Å². The Hall–Kier alpha value is -1.94. The molecule has 2 aliphatic heterocycles. The summed E-state index contributed by atoms with van der Waals surface area (Å²) in [6.45, 7) is 3.95. The fraction of sp³-hybridized carbons (Fsp3) is 0.474. The SMILES string of the molecule is CCc1cc2c(o1)CCN1Cc3c(ccc(O)c3OC)CC[C@@H]21. The first-order chi connectivity index (χ1) is 11.2. The number of nitrogens with zero attached hydrogens (tertiary/aromatic N) is 1. The van der Waals surface area contributed by atoms with Gasteiger partial charge in [0.05, 0.1) is 7.11 Å². The number of rotatable bonds is 2. The van der Waals surface area contributed by atoms with E-state index >= 15 is 0 Å². The number of phenolic OH excluding ortho intramolecular Hbond substituents is 1. The number of hydrogen-bond donors (Lipinski definition) is 1. The van der Waals surface area contributed by atoms with Crippen LogP contribution in [0.3, 0.4) is 0 Å². The zero-order valence-corrected chi connectivity index (χ0v) is 13.8. The molecule has 4 rings (SSSR count). The molecule has 122 valence electrons. The van der Waals surface area contributed by atoms with Crippen LogP contribution in [0.4, 0.5) is 0 Å². The second-order valence-corrected chi connectivity index (χ2v) is 6.48. The minimum absolute atomic E-state index is 0.235. The maximum Gasteiger partial charge on any atom is 0.165 e. The molecule has 4 heteroatoms. The monoisotopic (exact) mass is 313 g/mol. The van der Waals surface area contributed by atoms with Gasteiger partial charge in [0.15, 0.2) is 11.5 Å². The van der Waals surface area contributed by atoms with Crippen molar-refractivity contribution in [2.45, 2.75) is 45.2 Å². The van der Waals surface area contributed by atoms with Crippen molar-refractivity contribution in [3.63, 3.8) is 0 Å². The molecule has 2 aromatic rings. The molecule has 0 aliphatic carbocycles. The lowest BCUT2D eigenvalue weighted by molar-refractivity contribution is 0.164. The van der Waals surface area contributed by atoms with Crippen molar-refractivity contribution in [3.05, 3.63) is 46.4 Å². The Morgan fingerprint density at radius 2 is 2.22 bits per heavy atom. The highest BCUT2D eigenvalue weighted by Gasteiger charge is 2.33. The number of aromatic hydroxyl groups is 1. The van der Waals surface area contributed by atoms with Gasteiger partial charge in [0, 0.05) is 43.1 Å². The maximum atomic E-state index is 10.1. The quantitative estimate of drug-likeness (QED) is 0.920. The lowest BCUT2D eigenvalue weighted by atomic mass is 9.95. The summed E-state index contributed by atoms with van der Waals surface area (Å²) in [7, 11) is 1.63. The first-order valence-electron chi connectivity index (χ1n) is 8.44. The Morgan fingerprint density at radius 3 is 3.00 bits per heavy atom. The molecule has 0 bridgehead atoms. The Kier molecular flexibility index (Phi) is 3.57. The van der Waals surface area contributed by atoms with Gasteiger partial charge in [0.25, 0.3) is 0 Å². The summed E-state index contributed by atoms with van der Waals surface area (Å²) < 4.78 is 11.5. The second-order valence-electron chi connectivity index (χ2n) is 6.48. The van der Waals surface area contributed by atoms with Crippen LogP contribution in [0.15, 0.2) is 22.6 Å². The van der Waals surface area contributed by atoms with Gasteiger partial charge in [-0.2, -0.15) is 0 Å². The van der Waals surface area contributed by atoms with Gasteiger partial charge < -0.3 is 14.3 Å². The van der Waals surface area contributed by atoms with E-state index in [2.05, 4.69) is 17.9 Å². The smallest absolute Gasteiger partial charge is 0.165 e. The highest BCUT2D eigenvalue weighted by atomic mass is 16.5. The average Bonchev–Trinajstić information content (AvgIpc) is 2.89. The molecule has 1 aromatic carbocycles. The number of hydrogen-bond acceptors (Lipinski definition) is 4. The van der Waals surface area contributed by atoms with E-state index in [9.17, 15) is 5.11 Å². The van der Waals surface area contributed by atoms with Crippen molar-refractivity contribution < 1.29 is 14.3 Å². The average molecular weight is 313 g/mol. The van der Waals surface area contributed by atoms with Crippen LogP contribution in [0.2, 0.25) is 0 Å². The topological polar surface area (TPSA) is 45.8 Å². The summed E-state index contributed by atoms with van der Waals surface area (Å²) in [6.07, 6.45) is 3.99. The van der Waals surface area contributed by atoms with Crippen molar-refractivity contribution in [1.29, 1.82) is 0 Å². The third-order valence-electron chi connectivity index (χ3n) is 5.26. The van der Waals surface area contributed by atoms with E-state index in [0.29, 0.717) is 11.8 Å². The van der Waals surface area contributed by atoms with E-state index in [4.69, 9.17) is 9.15 Å². The zero-order valence-electron chi connectivity index (χ0n) is 13.8.